The molecule has 0 amide bonds. The number of halogens is 1. The highest BCUT2D eigenvalue weighted by Gasteiger charge is 2.38. The first-order valence-electron chi connectivity index (χ1n) is 6.82. The number of nitrogens with zero attached hydrogens (tertiary/aromatic N) is 4. The van der Waals surface area contributed by atoms with Gasteiger partial charge < -0.3 is 5.73 Å². The summed E-state index contributed by atoms with van der Waals surface area (Å²) in [7, 11) is 0. The second-order valence-electron chi connectivity index (χ2n) is 6.08. The molecule has 1 aromatic carbocycles. The molecule has 1 atom stereocenters. The quantitative estimate of drug-likeness (QED) is 0.862. The smallest absolute Gasteiger partial charge is 0.184 e. The molecule has 5 nitrogen and oxygen atoms in total. The Hall–Kier alpha value is -1.62. The van der Waals surface area contributed by atoms with E-state index in [0.29, 0.717) is 22.6 Å². The molecule has 106 valence electrons. The monoisotopic (exact) mass is 291 g/mol. The van der Waals surface area contributed by atoms with Crippen molar-refractivity contribution in [3.05, 3.63) is 23.2 Å². The van der Waals surface area contributed by atoms with Crippen molar-refractivity contribution >= 4 is 17.3 Å². The summed E-state index contributed by atoms with van der Waals surface area (Å²) >= 11 is 6.07. The van der Waals surface area contributed by atoms with Crippen LogP contribution in [-0.2, 0) is 0 Å². The Morgan fingerprint density at radius 3 is 2.90 bits per heavy atom. The van der Waals surface area contributed by atoms with Gasteiger partial charge in [-0.1, -0.05) is 31.9 Å². The van der Waals surface area contributed by atoms with Crippen molar-refractivity contribution in [3.63, 3.8) is 0 Å². The summed E-state index contributed by atoms with van der Waals surface area (Å²) in [4.78, 5) is 0. The van der Waals surface area contributed by atoms with Crippen LogP contribution in [0.5, 0.6) is 0 Å². The molecule has 3 rings (SSSR count). The third-order valence-electron chi connectivity index (χ3n) is 4.25. The van der Waals surface area contributed by atoms with Crippen LogP contribution in [0.15, 0.2) is 18.2 Å². The highest BCUT2D eigenvalue weighted by molar-refractivity contribution is 6.31. The SMILES string of the molecule is CC1(C)CCCC1n1nnnc1-c1cc(Cl)ccc1N. The molecular formula is C14H18ClN5. The maximum absolute atomic E-state index is 6.07. The number of anilines is 1. The molecule has 20 heavy (non-hydrogen) atoms. The number of rotatable bonds is 2. The van der Waals surface area contributed by atoms with E-state index in [9.17, 15) is 0 Å². The number of nitrogens with two attached hydrogens (primary N) is 1. The number of hydrogen-bond donors (Lipinski definition) is 1. The van der Waals surface area contributed by atoms with Gasteiger partial charge in [0.2, 0.25) is 0 Å². The zero-order valence-electron chi connectivity index (χ0n) is 11.7. The average molecular weight is 292 g/mol. The highest BCUT2D eigenvalue weighted by Crippen LogP contribution is 2.46. The minimum Gasteiger partial charge on any atom is -0.398 e. The predicted molar refractivity (Wildman–Crippen MR) is 79.3 cm³/mol. The van der Waals surface area contributed by atoms with Crippen molar-refractivity contribution in [1.82, 2.24) is 20.2 Å². The van der Waals surface area contributed by atoms with Gasteiger partial charge in [-0.3, -0.25) is 0 Å². The predicted octanol–water partition coefficient (Wildman–Crippen LogP) is 3.33. The molecule has 1 saturated carbocycles. The van der Waals surface area contributed by atoms with Crippen LogP contribution in [0.4, 0.5) is 5.69 Å². The van der Waals surface area contributed by atoms with E-state index in [2.05, 4.69) is 29.4 Å². The topological polar surface area (TPSA) is 69.6 Å². The summed E-state index contributed by atoms with van der Waals surface area (Å²) in [6, 6.07) is 5.68. The maximum atomic E-state index is 6.07. The normalized spacial score (nSPS) is 21.2. The molecule has 1 unspecified atom stereocenters. The van der Waals surface area contributed by atoms with E-state index in [4.69, 9.17) is 17.3 Å². The Kier molecular flexibility index (Phi) is 3.17. The summed E-state index contributed by atoms with van der Waals surface area (Å²) in [6.45, 7) is 4.52. The third kappa shape index (κ3) is 2.16. The number of aromatic nitrogens is 4. The molecular weight excluding hydrogens is 274 g/mol. The van der Waals surface area contributed by atoms with Crippen LogP contribution in [0.1, 0.15) is 39.2 Å². The van der Waals surface area contributed by atoms with Gasteiger partial charge in [-0.05, 0) is 46.9 Å². The lowest BCUT2D eigenvalue weighted by atomic mass is 9.87. The van der Waals surface area contributed by atoms with Crippen LogP contribution in [0, 0.1) is 5.41 Å². The second-order valence-corrected chi connectivity index (χ2v) is 6.51. The Bertz CT molecular complexity index is 634. The first kappa shape index (κ1) is 13.4. The van der Waals surface area contributed by atoms with E-state index in [0.717, 1.165) is 12.0 Å². The zero-order chi connectivity index (χ0) is 14.3. The Balaban J connectivity index is 2.09. The summed E-state index contributed by atoms with van der Waals surface area (Å²) < 4.78 is 1.91. The molecule has 1 aliphatic rings. The van der Waals surface area contributed by atoms with E-state index >= 15 is 0 Å². The molecule has 0 spiro atoms. The van der Waals surface area contributed by atoms with Gasteiger partial charge >= 0.3 is 0 Å². The van der Waals surface area contributed by atoms with Crippen molar-refractivity contribution in [1.29, 1.82) is 0 Å². The van der Waals surface area contributed by atoms with Crippen molar-refractivity contribution in [2.45, 2.75) is 39.2 Å². The molecule has 1 heterocycles. The van der Waals surface area contributed by atoms with E-state index in [1.54, 1.807) is 12.1 Å². The number of nitrogen functional groups attached to an aromatic ring is 1. The summed E-state index contributed by atoms with van der Waals surface area (Å²) in [5.41, 5.74) is 7.68. The fraction of sp³-hybridized carbons (Fsp3) is 0.500. The lowest BCUT2D eigenvalue weighted by Crippen LogP contribution is -2.23. The molecule has 0 saturated heterocycles. The van der Waals surface area contributed by atoms with Crippen LogP contribution >= 0.6 is 11.6 Å². The van der Waals surface area contributed by atoms with Gasteiger partial charge in [-0.25, -0.2) is 4.68 Å². The van der Waals surface area contributed by atoms with Crippen LogP contribution in [-0.4, -0.2) is 20.2 Å². The number of benzene rings is 1. The lowest BCUT2D eigenvalue weighted by molar-refractivity contribution is 0.242. The van der Waals surface area contributed by atoms with Gasteiger partial charge in [0.05, 0.1) is 6.04 Å². The molecule has 0 bridgehead atoms. The Morgan fingerprint density at radius 2 is 2.20 bits per heavy atom. The van der Waals surface area contributed by atoms with Crippen LogP contribution < -0.4 is 5.73 Å². The first-order valence-corrected chi connectivity index (χ1v) is 7.20. The van der Waals surface area contributed by atoms with Crippen molar-refractivity contribution in [2.75, 3.05) is 5.73 Å². The number of tetrazole rings is 1. The maximum Gasteiger partial charge on any atom is 0.184 e. The van der Waals surface area contributed by atoms with E-state index in [1.807, 2.05) is 10.7 Å². The van der Waals surface area contributed by atoms with Gasteiger partial charge in [0.25, 0.3) is 0 Å². The molecule has 2 N–H and O–H groups in total. The average Bonchev–Trinajstić information content (AvgIpc) is 2.97. The summed E-state index contributed by atoms with van der Waals surface area (Å²) in [5, 5.41) is 12.8. The molecule has 1 aliphatic carbocycles. The van der Waals surface area contributed by atoms with E-state index in [1.165, 1.54) is 12.8 Å². The molecule has 6 heteroatoms. The van der Waals surface area contributed by atoms with Crippen LogP contribution in [0.2, 0.25) is 5.02 Å². The number of hydrogen-bond acceptors (Lipinski definition) is 4. The fourth-order valence-electron chi connectivity index (χ4n) is 3.06. The minimum absolute atomic E-state index is 0.192. The Labute approximate surface area is 123 Å². The largest absolute Gasteiger partial charge is 0.398 e. The van der Waals surface area contributed by atoms with Gasteiger partial charge in [0.1, 0.15) is 0 Å². The molecule has 2 aromatic rings. The zero-order valence-corrected chi connectivity index (χ0v) is 12.4. The van der Waals surface area contributed by atoms with E-state index in [-0.39, 0.29) is 5.41 Å². The van der Waals surface area contributed by atoms with Gasteiger partial charge in [-0.15, -0.1) is 5.10 Å². The van der Waals surface area contributed by atoms with Crippen LogP contribution in [0.25, 0.3) is 11.4 Å². The highest BCUT2D eigenvalue weighted by atomic mass is 35.5. The molecule has 1 aromatic heterocycles. The van der Waals surface area contributed by atoms with Gasteiger partial charge in [0, 0.05) is 16.3 Å². The minimum atomic E-state index is 0.192. The van der Waals surface area contributed by atoms with Crippen LogP contribution in [0.3, 0.4) is 0 Å². The Morgan fingerprint density at radius 1 is 1.40 bits per heavy atom. The van der Waals surface area contributed by atoms with E-state index < -0.39 is 0 Å². The summed E-state index contributed by atoms with van der Waals surface area (Å²) in [5.74, 6) is 0.699. The van der Waals surface area contributed by atoms with Crippen molar-refractivity contribution in [3.8, 4) is 11.4 Å². The third-order valence-corrected chi connectivity index (χ3v) is 4.48. The van der Waals surface area contributed by atoms with Crippen molar-refractivity contribution in [2.24, 2.45) is 5.41 Å². The lowest BCUT2D eigenvalue weighted by Gasteiger charge is -2.27. The van der Waals surface area contributed by atoms with Gasteiger partial charge in [-0.2, -0.15) is 0 Å². The fourth-order valence-corrected chi connectivity index (χ4v) is 3.24. The van der Waals surface area contributed by atoms with Gasteiger partial charge in [0.15, 0.2) is 5.82 Å². The molecule has 0 aliphatic heterocycles. The summed E-state index contributed by atoms with van der Waals surface area (Å²) in [6.07, 6.45) is 3.47. The molecule has 0 radical (unpaired) electrons. The first-order chi connectivity index (χ1) is 9.49. The van der Waals surface area contributed by atoms with Crippen molar-refractivity contribution < 1.29 is 0 Å². The second kappa shape index (κ2) is 4.74. The molecule has 1 fully saturated rings. The standard InChI is InChI=1S/C14H18ClN5/c1-14(2)7-3-4-12(14)20-13(17-18-19-20)10-8-9(15)5-6-11(10)16/h5-6,8,12H,3-4,7,16H2,1-2H3.